The fraction of sp³-hybridized carbons (Fsp3) is 0.381. The fourth-order valence-corrected chi connectivity index (χ4v) is 3.74. The first kappa shape index (κ1) is 22.1. The van der Waals surface area contributed by atoms with E-state index in [1.54, 1.807) is 35.2 Å². The van der Waals surface area contributed by atoms with Gasteiger partial charge in [0, 0.05) is 50.3 Å². The molecular weight excluding hydrogens is 430 g/mol. The molecule has 1 aromatic carbocycles. The zero-order valence-electron chi connectivity index (χ0n) is 18.0. The number of nitro benzene ring substituents is 1. The Hall–Kier alpha value is -3.15. The lowest BCUT2D eigenvalue weighted by molar-refractivity contribution is -0.384. The fourth-order valence-electron chi connectivity index (χ4n) is 3.49. The number of piperazine rings is 1. The summed E-state index contributed by atoms with van der Waals surface area (Å²) in [7, 11) is 2.13. The highest BCUT2D eigenvalue weighted by molar-refractivity contribution is 7.71. The normalized spacial score (nSPS) is 15.6. The third-order valence-electron chi connectivity index (χ3n) is 5.42. The molecular formula is C21H25N7O3S. The van der Waals surface area contributed by atoms with E-state index in [9.17, 15) is 10.1 Å². The van der Waals surface area contributed by atoms with Gasteiger partial charge in [-0.05, 0) is 43.5 Å². The van der Waals surface area contributed by atoms with E-state index in [0.717, 1.165) is 37.6 Å². The minimum absolute atomic E-state index is 0.0390. The number of furan rings is 1. The van der Waals surface area contributed by atoms with Gasteiger partial charge in [0.15, 0.2) is 5.82 Å². The van der Waals surface area contributed by atoms with E-state index in [1.165, 1.54) is 12.1 Å². The molecule has 0 amide bonds. The molecule has 0 unspecified atom stereocenters. The van der Waals surface area contributed by atoms with Gasteiger partial charge in [-0.1, -0.05) is 6.92 Å². The Morgan fingerprint density at radius 1 is 1.19 bits per heavy atom. The summed E-state index contributed by atoms with van der Waals surface area (Å²) < 4.78 is 9.86. The highest BCUT2D eigenvalue weighted by Gasteiger charge is 2.16. The molecule has 4 rings (SSSR count). The van der Waals surface area contributed by atoms with E-state index in [4.69, 9.17) is 16.6 Å². The molecule has 0 atom stereocenters. The van der Waals surface area contributed by atoms with E-state index >= 15 is 0 Å². The second kappa shape index (κ2) is 9.55. The Bertz CT molecular complexity index is 1170. The zero-order valence-corrected chi connectivity index (χ0v) is 18.9. The van der Waals surface area contributed by atoms with Crippen LogP contribution in [0.4, 0.5) is 5.69 Å². The van der Waals surface area contributed by atoms with Gasteiger partial charge < -0.3 is 9.32 Å². The number of benzene rings is 1. The predicted molar refractivity (Wildman–Crippen MR) is 123 cm³/mol. The molecule has 3 aromatic rings. The standard InChI is InChI=1S/C21H25N7O3S/c1-3-20-23-26(15-25-12-10-24(2)11-13-25)21(32)27(20)22-14-18-8-9-19(31-18)16-4-6-17(7-5-16)28(29)30/h4-9,14H,3,10-13,15H2,1-2H3/b22-14-. The van der Waals surface area contributed by atoms with Crippen molar-refractivity contribution in [2.75, 3.05) is 33.2 Å². The topological polar surface area (TPSA) is 97.9 Å². The predicted octanol–water partition coefficient (Wildman–Crippen LogP) is 3.23. The van der Waals surface area contributed by atoms with Crippen molar-refractivity contribution in [3.05, 3.63) is 62.9 Å². The first-order valence-electron chi connectivity index (χ1n) is 10.4. The Morgan fingerprint density at radius 2 is 1.91 bits per heavy atom. The van der Waals surface area contributed by atoms with Gasteiger partial charge in [-0.2, -0.15) is 14.9 Å². The minimum Gasteiger partial charge on any atom is -0.455 e. The van der Waals surface area contributed by atoms with E-state index in [2.05, 4.69) is 27.0 Å². The van der Waals surface area contributed by atoms with Gasteiger partial charge >= 0.3 is 0 Å². The third kappa shape index (κ3) is 4.85. The van der Waals surface area contributed by atoms with E-state index in [0.29, 0.717) is 29.4 Å². The SMILES string of the molecule is CCc1nn(CN2CCN(C)CC2)c(=S)n1/N=C\c1ccc(-c2ccc([N+](=O)[O-])cc2)o1. The van der Waals surface area contributed by atoms with Crippen LogP contribution in [-0.4, -0.2) is 68.6 Å². The number of nitrogens with zero attached hydrogens (tertiary/aromatic N) is 7. The summed E-state index contributed by atoms with van der Waals surface area (Å²) in [5.41, 5.74) is 0.790. The largest absolute Gasteiger partial charge is 0.455 e. The van der Waals surface area contributed by atoms with Gasteiger partial charge in [0.05, 0.1) is 17.8 Å². The lowest BCUT2D eigenvalue weighted by Crippen LogP contribution is -2.45. The number of likely N-dealkylation sites (N-methyl/N-ethyl adjacent to an activating group) is 1. The first-order valence-corrected chi connectivity index (χ1v) is 10.8. The van der Waals surface area contributed by atoms with Crippen LogP contribution in [0.2, 0.25) is 0 Å². The monoisotopic (exact) mass is 455 g/mol. The van der Waals surface area contributed by atoms with Gasteiger partial charge in [-0.15, -0.1) is 0 Å². The molecule has 32 heavy (non-hydrogen) atoms. The van der Waals surface area contributed by atoms with Crippen LogP contribution in [0.15, 0.2) is 45.9 Å². The van der Waals surface area contributed by atoms with Gasteiger partial charge in [-0.3, -0.25) is 15.0 Å². The maximum absolute atomic E-state index is 10.8. The van der Waals surface area contributed by atoms with Gasteiger partial charge in [0.1, 0.15) is 11.5 Å². The molecule has 1 aliphatic heterocycles. The highest BCUT2D eigenvalue weighted by Crippen LogP contribution is 2.24. The summed E-state index contributed by atoms with van der Waals surface area (Å²) >= 11 is 5.63. The van der Waals surface area contributed by atoms with Crippen molar-refractivity contribution < 1.29 is 9.34 Å². The molecule has 2 aromatic heterocycles. The van der Waals surface area contributed by atoms with Crippen LogP contribution >= 0.6 is 12.2 Å². The van der Waals surface area contributed by atoms with E-state index < -0.39 is 4.92 Å². The molecule has 11 heteroatoms. The number of hydrogen-bond acceptors (Lipinski definition) is 8. The van der Waals surface area contributed by atoms with Crippen LogP contribution in [0.5, 0.6) is 0 Å². The molecule has 0 aliphatic carbocycles. The average Bonchev–Trinajstić information content (AvgIpc) is 3.38. The summed E-state index contributed by atoms with van der Waals surface area (Å²) in [5, 5.41) is 20.0. The number of rotatable bonds is 7. The average molecular weight is 456 g/mol. The minimum atomic E-state index is -0.428. The molecule has 3 heterocycles. The Morgan fingerprint density at radius 3 is 2.56 bits per heavy atom. The summed E-state index contributed by atoms with van der Waals surface area (Å²) in [6, 6.07) is 9.82. The van der Waals surface area contributed by atoms with Gasteiger partial charge in [0.25, 0.3) is 5.69 Å². The van der Waals surface area contributed by atoms with Crippen molar-refractivity contribution in [2.45, 2.75) is 20.0 Å². The molecule has 0 saturated carbocycles. The molecule has 0 spiro atoms. The highest BCUT2D eigenvalue weighted by atomic mass is 32.1. The van der Waals surface area contributed by atoms with Crippen LogP contribution in [0, 0.1) is 14.9 Å². The van der Waals surface area contributed by atoms with Crippen molar-refractivity contribution in [3.8, 4) is 11.3 Å². The number of aryl methyl sites for hydroxylation is 1. The van der Waals surface area contributed by atoms with Crippen molar-refractivity contribution in [3.63, 3.8) is 0 Å². The van der Waals surface area contributed by atoms with Crippen molar-refractivity contribution in [2.24, 2.45) is 5.10 Å². The second-order valence-electron chi connectivity index (χ2n) is 7.68. The molecule has 1 saturated heterocycles. The first-order chi connectivity index (χ1) is 15.4. The lowest BCUT2D eigenvalue weighted by atomic mass is 10.1. The maximum Gasteiger partial charge on any atom is 0.269 e. The lowest BCUT2D eigenvalue weighted by Gasteiger charge is -2.31. The summed E-state index contributed by atoms with van der Waals surface area (Å²) in [4.78, 5) is 15.0. The quantitative estimate of drug-likeness (QED) is 0.233. The Labute approximate surface area is 190 Å². The van der Waals surface area contributed by atoms with Crippen LogP contribution < -0.4 is 0 Å². The Balaban J connectivity index is 1.50. The van der Waals surface area contributed by atoms with Gasteiger partial charge in [-0.25, -0.2) is 4.68 Å². The number of nitro groups is 1. The van der Waals surface area contributed by atoms with Crippen molar-refractivity contribution in [1.29, 1.82) is 0 Å². The number of hydrogen-bond donors (Lipinski definition) is 0. The van der Waals surface area contributed by atoms with Crippen LogP contribution in [0.25, 0.3) is 11.3 Å². The zero-order chi connectivity index (χ0) is 22.7. The Kier molecular flexibility index (Phi) is 6.58. The van der Waals surface area contributed by atoms with E-state index in [-0.39, 0.29) is 5.69 Å². The van der Waals surface area contributed by atoms with Gasteiger partial charge in [0.2, 0.25) is 4.77 Å². The van der Waals surface area contributed by atoms with Crippen molar-refractivity contribution >= 4 is 24.1 Å². The maximum atomic E-state index is 10.8. The molecule has 1 fully saturated rings. The van der Waals surface area contributed by atoms with E-state index in [1.807, 2.05) is 11.6 Å². The van der Waals surface area contributed by atoms with Crippen LogP contribution in [0.3, 0.4) is 0 Å². The molecule has 0 N–H and O–H groups in total. The van der Waals surface area contributed by atoms with Crippen molar-refractivity contribution in [1.82, 2.24) is 24.3 Å². The summed E-state index contributed by atoms with van der Waals surface area (Å²) in [6.45, 7) is 6.68. The van der Waals surface area contributed by atoms with Crippen LogP contribution in [-0.2, 0) is 13.1 Å². The smallest absolute Gasteiger partial charge is 0.269 e. The van der Waals surface area contributed by atoms with Crippen LogP contribution in [0.1, 0.15) is 18.5 Å². The second-order valence-corrected chi connectivity index (χ2v) is 8.04. The molecule has 0 bridgehead atoms. The molecule has 0 radical (unpaired) electrons. The molecule has 10 nitrogen and oxygen atoms in total. The third-order valence-corrected chi connectivity index (χ3v) is 5.80. The molecule has 1 aliphatic rings. The summed E-state index contributed by atoms with van der Waals surface area (Å²) in [5.74, 6) is 1.93. The summed E-state index contributed by atoms with van der Waals surface area (Å²) in [6.07, 6.45) is 2.30. The number of aromatic nitrogens is 3. The number of non-ortho nitro benzene ring substituents is 1. The molecule has 168 valence electrons.